The van der Waals surface area contributed by atoms with E-state index in [1.54, 1.807) is 11.0 Å². The van der Waals surface area contributed by atoms with Gasteiger partial charge in [-0.3, -0.25) is 8.98 Å². The first-order chi connectivity index (χ1) is 15.0. The van der Waals surface area contributed by atoms with Crippen LogP contribution in [0.4, 0.5) is 4.39 Å². The average molecular weight is 482 g/mol. The summed E-state index contributed by atoms with van der Waals surface area (Å²) in [5.41, 5.74) is 3.10. The van der Waals surface area contributed by atoms with Crippen LogP contribution in [0.5, 0.6) is 0 Å². The van der Waals surface area contributed by atoms with Gasteiger partial charge in [0.25, 0.3) is 10.1 Å². The van der Waals surface area contributed by atoms with Gasteiger partial charge in [0.05, 0.1) is 19.3 Å². The Hall–Kier alpha value is -1.96. The molecule has 5 nitrogen and oxygen atoms in total. The number of carbonyl (C=O) groups excluding carboxylic acids is 1. The molecule has 0 spiro atoms. The third-order valence-corrected chi connectivity index (χ3v) is 7.27. The van der Waals surface area contributed by atoms with E-state index in [-0.39, 0.29) is 29.5 Å². The molecule has 0 N–H and O–H groups in total. The third kappa shape index (κ3) is 5.88. The molecule has 0 radical (unpaired) electrons. The summed E-state index contributed by atoms with van der Waals surface area (Å²) in [5.74, 6) is -0.696. The zero-order valence-electron chi connectivity index (χ0n) is 18.7. The molecule has 1 fully saturated rings. The molecule has 2 aromatic carbocycles. The number of carbonyl (C=O) groups is 1. The van der Waals surface area contributed by atoms with E-state index in [1.807, 2.05) is 26.0 Å². The summed E-state index contributed by atoms with van der Waals surface area (Å²) in [6.07, 6.45) is 2.92. The lowest BCUT2D eigenvalue weighted by molar-refractivity contribution is -0.133. The number of amides is 1. The fraction of sp³-hybridized carbons (Fsp3) is 0.458. The van der Waals surface area contributed by atoms with E-state index in [0.717, 1.165) is 35.8 Å². The molecule has 3 rings (SSSR count). The Balaban J connectivity index is 1.87. The molecule has 0 aromatic heterocycles. The molecule has 0 bridgehead atoms. The standard InChI is InChI=1S/C24H29ClFNO4S/c1-17-8-9-19(14-18(17)2)24(11-13-31-32(3,29)30)10-5-12-27(16-24)23(28)15-20-21(25)6-4-7-22(20)26/h4,6-9,14H,5,10-13,15-16H2,1-3H3/t24-/m1/s1. The van der Waals surface area contributed by atoms with Gasteiger partial charge in [0.1, 0.15) is 5.82 Å². The zero-order valence-corrected chi connectivity index (χ0v) is 20.2. The fourth-order valence-corrected chi connectivity index (χ4v) is 4.97. The number of benzene rings is 2. The number of halogens is 2. The fourth-order valence-electron chi connectivity index (χ4n) is 4.35. The zero-order chi connectivity index (χ0) is 23.5. The first-order valence-corrected chi connectivity index (χ1v) is 12.8. The smallest absolute Gasteiger partial charge is 0.264 e. The Labute approximate surface area is 194 Å². The lowest BCUT2D eigenvalue weighted by Gasteiger charge is -2.44. The van der Waals surface area contributed by atoms with Gasteiger partial charge >= 0.3 is 0 Å². The van der Waals surface area contributed by atoms with Gasteiger partial charge in [-0.1, -0.05) is 35.9 Å². The summed E-state index contributed by atoms with van der Waals surface area (Å²) in [7, 11) is -3.57. The van der Waals surface area contributed by atoms with Crippen LogP contribution >= 0.6 is 11.6 Å². The first kappa shape index (κ1) is 24.7. The van der Waals surface area contributed by atoms with E-state index in [0.29, 0.717) is 19.5 Å². The molecule has 8 heteroatoms. The van der Waals surface area contributed by atoms with Crippen molar-refractivity contribution in [3.8, 4) is 0 Å². The molecular weight excluding hydrogens is 453 g/mol. The van der Waals surface area contributed by atoms with E-state index < -0.39 is 21.4 Å². The number of likely N-dealkylation sites (tertiary alicyclic amines) is 1. The van der Waals surface area contributed by atoms with Gasteiger partial charge in [0.2, 0.25) is 5.91 Å². The summed E-state index contributed by atoms with van der Waals surface area (Å²) in [4.78, 5) is 14.9. The number of hydrogen-bond donors (Lipinski definition) is 0. The van der Waals surface area contributed by atoms with Crippen LogP contribution in [0.15, 0.2) is 36.4 Å². The highest BCUT2D eigenvalue weighted by Gasteiger charge is 2.39. The molecule has 0 saturated carbocycles. The Morgan fingerprint density at radius 3 is 2.62 bits per heavy atom. The van der Waals surface area contributed by atoms with E-state index in [1.165, 1.54) is 12.1 Å². The molecule has 1 amide bonds. The second-order valence-electron chi connectivity index (χ2n) is 8.65. The monoisotopic (exact) mass is 481 g/mol. The minimum Gasteiger partial charge on any atom is -0.342 e. The van der Waals surface area contributed by atoms with Gasteiger partial charge in [-0.25, -0.2) is 4.39 Å². The van der Waals surface area contributed by atoms with E-state index in [2.05, 4.69) is 6.07 Å². The van der Waals surface area contributed by atoms with Crippen LogP contribution in [0.25, 0.3) is 0 Å². The largest absolute Gasteiger partial charge is 0.342 e. The molecule has 174 valence electrons. The summed E-state index contributed by atoms with van der Waals surface area (Å²) in [5, 5.41) is 0.234. The minimum atomic E-state index is -3.57. The van der Waals surface area contributed by atoms with Gasteiger partial charge < -0.3 is 4.90 Å². The number of rotatable bonds is 7. The van der Waals surface area contributed by atoms with Crippen molar-refractivity contribution in [1.82, 2.24) is 4.90 Å². The number of nitrogens with zero attached hydrogens (tertiary/aromatic N) is 1. The predicted octanol–water partition coefficient (Wildman–Crippen LogP) is 4.57. The van der Waals surface area contributed by atoms with Crippen LogP contribution in [0.2, 0.25) is 5.02 Å². The summed E-state index contributed by atoms with van der Waals surface area (Å²) in [6.45, 7) is 5.07. The van der Waals surface area contributed by atoms with Gasteiger partial charge in [-0.2, -0.15) is 8.42 Å². The van der Waals surface area contributed by atoms with E-state index in [4.69, 9.17) is 15.8 Å². The molecule has 2 aromatic rings. The van der Waals surface area contributed by atoms with Crippen LogP contribution in [-0.4, -0.2) is 45.2 Å². The van der Waals surface area contributed by atoms with Crippen LogP contribution in [0, 0.1) is 19.7 Å². The maximum atomic E-state index is 14.2. The molecule has 0 aliphatic carbocycles. The Bertz CT molecular complexity index is 1080. The van der Waals surface area contributed by atoms with Crippen molar-refractivity contribution in [2.75, 3.05) is 26.0 Å². The molecule has 32 heavy (non-hydrogen) atoms. The average Bonchev–Trinajstić information content (AvgIpc) is 2.72. The first-order valence-electron chi connectivity index (χ1n) is 10.6. The summed E-state index contributed by atoms with van der Waals surface area (Å²) in [6, 6.07) is 10.6. The highest BCUT2D eigenvalue weighted by Crippen LogP contribution is 2.38. The van der Waals surface area contributed by atoms with E-state index in [9.17, 15) is 17.6 Å². The Morgan fingerprint density at radius 2 is 1.97 bits per heavy atom. The Morgan fingerprint density at radius 1 is 1.22 bits per heavy atom. The molecule has 1 saturated heterocycles. The normalized spacial score (nSPS) is 19.2. The van der Waals surface area contributed by atoms with E-state index >= 15 is 0 Å². The second-order valence-corrected chi connectivity index (χ2v) is 10.7. The highest BCUT2D eigenvalue weighted by molar-refractivity contribution is 7.85. The molecular formula is C24H29ClFNO4S. The van der Waals surface area contributed by atoms with Crippen LogP contribution in [0.1, 0.15) is 41.5 Å². The van der Waals surface area contributed by atoms with Crippen LogP contribution in [-0.2, 0) is 30.9 Å². The molecule has 1 aliphatic heterocycles. The number of piperidine rings is 1. The van der Waals surface area contributed by atoms with Gasteiger partial charge in [-0.05, 0) is 61.9 Å². The maximum absolute atomic E-state index is 14.2. The van der Waals surface area contributed by atoms with Crippen molar-refractivity contribution in [1.29, 1.82) is 0 Å². The van der Waals surface area contributed by atoms with Crippen molar-refractivity contribution in [3.63, 3.8) is 0 Å². The topological polar surface area (TPSA) is 63.7 Å². The summed E-state index contributed by atoms with van der Waals surface area (Å²) < 4.78 is 42.3. The Kier molecular flexibility index (Phi) is 7.63. The van der Waals surface area contributed by atoms with Crippen molar-refractivity contribution < 1.29 is 21.8 Å². The molecule has 1 heterocycles. The van der Waals surface area contributed by atoms with Gasteiger partial charge in [0.15, 0.2) is 0 Å². The van der Waals surface area contributed by atoms with Crippen LogP contribution in [0.3, 0.4) is 0 Å². The SMILES string of the molecule is Cc1ccc([C@@]2(CCOS(C)(=O)=O)CCCN(C(=O)Cc3c(F)cccc3Cl)C2)cc1C. The third-order valence-electron chi connectivity index (χ3n) is 6.32. The maximum Gasteiger partial charge on any atom is 0.264 e. The number of hydrogen-bond acceptors (Lipinski definition) is 4. The van der Waals surface area contributed by atoms with Crippen molar-refractivity contribution in [2.45, 2.75) is 44.9 Å². The quantitative estimate of drug-likeness (QED) is 0.543. The lowest BCUT2D eigenvalue weighted by Crippen LogP contribution is -2.49. The van der Waals surface area contributed by atoms with Crippen molar-refractivity contribution >= 4 is 27.6 Å². The highest BCUT2D eigenvalue weighted by atomic mass is 35.5. The van der Waals surface area contributed by atoms with Gasteiger partial charge in [-0.15, -0.1) is 0 Å². The second kappa shape index (κ2) is 9.89. The van der Waals surface area contributed by atoms with Crippen molar-refractivity contribution in [3.05, 3.63) is 69.5 Å². The lowest BCUT2D eigenvalue weighted by atomic mass is 9.71. The summed E-state index contributed by atoms with van der Waals surface area (Å²) >= 11 is 6.12. The molecule has 0 unspecified atom stereocenters. The van der Waals surface area contributed by atoms with Gasteiger partial charge in [0, 0.05) is 29.1 Å². The predicted molar refractivity (Wildman–Crippen MR) is 124 cm³/mol. The molecule has 1 aliphatic rings. The molecule has 1 atom stereocenters. The number of aryl methyl sites for hydroxylation is 2. The minimum absolute atomic E-state index is 0.0347. The van der Waals surface area contributed by atoms with Crippen LogP contribution < -0.4 is 0 Å². The van der Waals surface area contributed by atoms with Crippen molar-refractivity contribution in [2.24, 2.45) is 0 Å².